The van der Waals surface area contributed by atoms with Gasteiger partial charge in [-0.25, -0.2) is 9.59 Å². The van der Waals surface area contributed by atoms with Crippen molar-refractivity contribution >= 4 is 18.2 Å². The lowest BCUT2D eigenvalue weighted by molar-refractivity contribution is -0.140. The van der Waals surface area contributed by atoms with Gasteiger partial charge in [-0.2, -0.15) is 0 Å². The standard InChI is InChI=1S/C12H18O5/c1-2-3-4-5-6-7-17-12(16)10(9-13)8-11(14)15/h8-9H,2-7H2,1H3,(H,14,15)/b10-8+. The molecule has 0 aliphatic heterocycles. The molecule has 17 heavy (non-hydrogen) atoms. The van der Waals surface area contributed by atoms with Crippen molar-refractivity contribution in [2.45, 2.75) is 39.0 Å². The van der Waals surface area contributed by atoms with Crippen molar-refractivity contribution < 1.29 is 24.2 Å². The van der Waals surface area contributed by atoms with Crippen molar-refractivity contribution in [1.29, 1.82) is 0 Å². The van der Waals surface area contributed by atoms with Crippen molar-refractivity contribution in [3.63, 3.8) is 0 Å². The molecule has 0 fully saturated rings. The van der Waals surface area contributed by atoms with Gasteiger partial charge < -0.3 is 9.84 Å². The van der Waals surface area contributed by atoms with E-state index in [1.54, 1.807) is 0 Å². The molecule has 0 rings (SSSR count). The number of carboxylic acid groups (broad SMARTS) is 1. The van der Waals surface area contributed by atoms with Gasteiger partial charge in [-0.05, 0) is 6.42 Å². The van der Waals surface area contributed by atoms with E-state index >= 15 is 0 Å². The molecule has 5 heteroatoms. The van der Waals surface area contributed by atoms with E-state index in [-0.39, 0.29) is 12.9 Å². The summed E-state index contributed by atoms with van der Waals surface area (Å²) in [7, 11) is 0. The first kappa shape index (κ1) is 15.3. The van der Waals surface area contributed by atoms with Gasteiger partial charge in [0.05, 0.1) is 6.61 Å². The summed E-state index contributed by atoms with van der Waals surface area (Å²) in [6.45, 7) is 2.32. The molecule has 0 saturated carbocycles. The average Bonchev–Trinajstić information content (AvgIpc) is 2.30. The summed E-state index contributed by atoms with van der Waals surface area (Å²) >= 11 is 0. The quantitative estimate of drug-likeness (QED) is 0.166. The highest BCUT2D eigenvalue weighted by Crippen LogP contribution is 2.03. The highest BCUT2D eigenvalue weighted by molar-refractivity contribution is 6.11. The van der Waals surface area contributed by atoms with Gasteiger partial charge in [0.2, 0.25) is 0 Å². The lowest BCUT2D eigenvalue weighted by Gasteiger charge is -2.03. The number of aliphatic carboxylic acids is 1. The van der Waals surface area contributed by atoms with Crippen LogP contribution in [0.4, 0.5) is 0 Å². The van der Waals surface area contributed by atoms with Crippen LogP contribution >= 0.6 is 0 Å². The van der Waals surface area contributed by atoms with E-state index in [2.05, 4.69) is 6.92 Å². The fraction of sp³-hybridized carbons (Fsp3) is 0.583. The summed E-state index contributed by atoms with van der Waals surface area (Å²) in [4.78, 5) is 31.9. The third kappa shape index (κ3) is 8.19. The Bertz CT molecular complexity index is 293. The Balaban J connectivity index is 3.84. The van der Waals surface area contributed by atoms with Crippen molar-refractivity contribution in [1.82, 2.24) is 0 Å². The van der Waals surface area contributed by atoms with Crippen LogP contribution in [-0.4, -0.2) is 29.9 Å². The predicted octanol–water partition coefficient (Wildman–Crippen LogP) is 1.71. The molecule has 0 amide bonds. The van der Waals surface area contributed by atoms with Crippen molar-refractivity contribution in [3.8, 4) is 0 Å². The number of ether oxygens (including phenoxy) is 1. The molecule has 0 spiro atoms. The molecule has 0 bridgehead atoms. The minimum absolute atomic E-state index is 0.188. The first-order chi connectivity index (χ1) is 8.11. The average molecular weight is 242 g/mol. The van der Waals surface area contributed by atoms with E-state index in [0.717, 1.165) is 32.1 Å². The Morgan fingerprint density at radius 1 is 1.18 bits per heavy atom. The summed E-state index contributed by atoms with van der Waals surface area (Å²) in [6.07, 6.45) is 5.79. The zero-order valence-electron chi connectivity index (χ0n) is 9.98. The zero-order valence-corrected chi connectivity index (χ0v) is 9.98. The SMILES string of the molecule is CCCCCCCOC(=O)/C(C=O)=C/C(=O)O. The van der Waals surface area contributed by atoms with E-state index in [0.29, 0.717) is 6.08 Å². The number of carbonyl (C=O) groups is 3. The molecule has 96 valence electrons. The van der Waals surface area contributed by atoms with Crippen LogP contribution in [0.3, 0.4) is 0 Å². The molecule has 0 radical (unpaired) electrons. The molecule has 0 saturated heterocycles. The molecule has 0 aromatic heterocycles. The summed E-state index contributed by atoms with van der Waals surface area (Å²) in [5.41, 5.74) is -0.467. The van der Waals surface area contributed by atoms with Gasteiger partial charge >= 0.3 is 11.9 Å². The minimum Gasteiger partial charge on any atom is -0.478 e. The van der Waals surface area contributed by atoms with Gasteiger partial charge in [-0.1, -0.05) is 32.6 Å². The summed E-state index contributed by atoms with van der Waals surface area (Å²) < 4.78 is 4.77. The van der Waals surface area contributed by atoms with Gasteiger partial charge in [-0.15, -0.1) is 0 Å². The normalized spacial score (nSPS) is 11.0. The molecule has 0 atom stereocenters. The Kier molecular flexibility index (Phi) is 8.64. The molecule has 1 N–H and O–H groups in total. The molecule has 0 aliphatic carbocycles. The lowest BCUT2D eigenvalue weighted by Crippen LogP contribution is -2.11. The monoisotopic (exact) mass is 242 g/mol. The topological polar surface area (TPSA) is 80.7 Å². The number of hydrogen-bond acceptors (Lipinski definition) is 4. The fourth-order valence-electron chi connectivity index (χ4n) is 1.23. The second-order valence-corrected chi connectivity index (χ2v) is 3.61. The summed E-state index contributed by atoms with van der Waals surface area (Å²) in [5, 5.41) is 8.39. The predicted molar refractivity (Wildman–Crippen MR) is 61.5 cm³/mol. The van der Waals surface area contributed by atoms with Crippen LogP contribution in [0.15, 0.2) is 11.6 Å². The van der Waals surface area contributed by atoms with Gasteiger partial charge in [0.1, 0.15) is 5.57 Å². The third-order valence-corrected chi connectivity index (χ3v) is 2.12. The van der Waals surface area contributed by atoms with Crippen LogP contribution in [0.25, 0.3) is 0 Å². The van der Waals surface area contributed by atoms with E-state index in [9.17, 15) is 14.4 Å². The number of carbonyl (C=O) groups excluding carboxylic acids is 2. The van der Waals surface area contributed by atoms with Crippen LogP contribution in [0.5, 0.6) is 0 Å². The Morgan fingerprint density at radius 3 is 2.35 bits per heavy atom. The number of carboxylic acids is 1. The largest absolute Gasteiger partial charge is 0.478 e. The second-order valence-electron chi connectivity index (χ2n) is 3.61. The van der Waals surface area contributed by atoms with Gasteiger partial charge in [0.15, 0.2) is 6.29 Å². The Labute approximate surface area is 100 Å². The number of hydrogen-bond donors (Lipinski definition) is 1. The first-order valence-electron chi connectivity index (χ1n) is 5.68. The zero-order chi connectivity index (χ0) is 13.1. The molecule has 0 aliphatic rings. The molecule has 0 heterocycles. The van der Waals surface area contributed by atoms with Gasteiger partial charge in [0.25, 0.3) is 0 Å². The van der Waals surface area contributed by atoms with Crippen molar-refractivity contribution in [2.24, 2.45) is 0 Å². The maximum Gasteiger partial charge on any atom is 0.341 e. The molecule has 0 unspecified atom stereocenters. The van der Waals surface area contributed by atoms with Crippen molar-refractivity contribution in [2.75, 3.05) is 6.61 Å². The number of unbranched alkanes of at least 4 members (excludes halogenated alkanes) is 4. The van der Waals surface area contributed by atoms with Gasteiger partial charge in [0, 0.05) is 6.08 Å². The molecular weight excluding hydrogens is 224 g/mol. The second kappa shape index (κ2) is 9.57. The lowest BCUT2D eigenvalue weighted by atomic mass is 10.2. The maximum atomic E-state index is 11.2. The van der Waals surface area contributed by atoms with E-state index in [4.69, 9.17) is 9.84 Å². The van der Waals surface area contributed by atoms with Crippen LogP contribution in [0.1, 0.15) is 39.0 Å². The highest BCUT2D eigenvalue weighted by atomic mass is 16.5. The molecular formula is C12H18O5. The van der Waals surface area contributed by atoms with E-state index in [1.807, 2.05) is 0 Å². The third-order valence-electron chi connectivity index (χ3n) is 2.12. The van der Waals surface area contributed by atoms with Crippen LogP contribution in [-0.2, 0) is 19.1 Å². The Morgan fingerprint density at radius 2 is 1.82 bits per heavy atom. The maximum absolute atomic E-state index is 11.2. The number of esters is 1. The molecule has 0 aromatic rings. The van der Waals surface area contributed by atoms with Crippen molar-refractivity contribution in [3.05, 3.63) is 11.6 Å². The first-order valence-corrected chi connectivity index (χ1v) is 5.68. The Hall–Kier alpha value is -1.65. The smallest absolute Gasteiger partial charge is 0.341 e. The summed E-state index contributed by atoms with van der Waals surface area (Å²) in [6, 6.07) is 0. The highest BCUT2D eigenvalue weighted by Gasteiger charge is 2.11. The summed E-state index contributed by atoms with van der Waals surface area (Å²) in [5.74, 6) is -2.22. The van der Waals surface area contributed by atoms with E-state index in [1.165, 1.54) is 0 Å². The van der Waals surface area contributed by atoms with Crippen LogP contribution in [0, 0.1) is 0 Å². The molecule has 5 nitrogen and oxygen atoms in total. The van der Waals surface area contributed by atoms with Crippen LogP contribution in [0.2, 0.25) is 0 Å². The van der Waals surface area contributed by atoms with Gasteiger partial charge in [-0.3, -0.25) is 4.79 Å². The number of rotatable bonds is 9. The van der Waals surface area contributed by atoms with Crippen LogP contribution < -0.4 is 0 Å². The number of aldehydes is 1. The van der Waals surface area contributed by atoms with E-state index < -0.39 is 17.5 Å². The molecule has 0 aromatic carbocycles. The fourth-order valence-corrected chi connectivity index (χ4v) is 1.23. The minimum atomic E-state index is -1.34.